The smallest absolute Gasteiger partial charge is 0.329 e. The zero-order valence-electron chi connectivity index (χ0n) is 17.4. The molecule has 2 heterocycles. The number of aryl methyl sites for hydroxylation is 1. The van der Waals surface area contributed by atoms with Gasteiger partial charge in [-0.25, -0.2) is 9.69 Å². The Morgan fingerprint density at radius 1 is 0.968 bits per heavy atom. The van der Waals surface area contributed by atoms with Gasteiger partial charge in [-0.15, -0.1) is 0 Å². The number of anilines is 1. The molecular weight excluding hydrogens is 386 g/mol. The number of carbonyl (C=O) groups excluding carboxylic acids is 2. The molecule has 6 rings (SSSR count). The largest absolute Gasteiger partial charge is 0.334 e. The molecule has 1 aromatic heterocycles. The molecule has 1 aliphatic heterocycles. The molecule has 5 heteroatoms. The summed E-state index contributed by atoms with van der Waals surface area (Å²) in [6.07, 6.45) is 9.56. The maximum atomic E-state index is 13.5. The Morgan fingerprint density at radius 3 is 2.81 bits per heavy atom. The number of amides is 3. The highest BCUT2D eigenvalue weighted by Crippen LogP contribution is 2.42. The predicted molar refractivity (Wildman–Crippen MR) is 120 cm³/mol. The van der Waals surface area contributed by atoms with Crippen molar-refractivity contribution in [3.8, 4) is 0 Å². The minimum absolute atomic E-state index is 0.0938. The van der Waals surface area contributed by atoms with Gasteiger partial charge in [0.2, 0.25) is 5.91 Å². The number of pyridine rings is 1. The first-order valence-corrected chi connectivity index (χ1v) is 11.3. The highest BCUT2D eigenvalue weighted by molar-refractivity contribution is 6.20. The van der Waals surface area contributed by atoms with E-state index in [4.69, 9.17) is 0 Å². The molecule has 3 aliphatic rings. The molecule has 156 valence electrons. The minimum Gasteiger partial charge on any atom is -0.334 e. The van der Waals surface area contributed by atoms with E-state index in [2.05, 4.69) is 28.5 Å². The van der Waals surface area contributed by atoms with Crippen molar-refractivity contribution in [1.82, 2.24) is 10.3 Å². The molecule has 3 unspecified atom stereocenters. The van der Waals surface area contributed by atoms with Crippen molar-refractivity contribution in [3.63, 3.8) is 0 Å². The summed E-state index contributed by atoms with van der Waals surface area (Å²) in [6.45, 7) is 0. The van der Waals surface area contributed by atoms with Crippen LogP contribution >= 0.6 is 0 Å². The van der Waals surface area contributed by atoms with Crippen LogP contribution in [0, 0.1) is 5.92 Å². The molecule has 2 aromatic carbocycles. The monoisotopic (exact) mass is 411 g/mol. The van der Waals surface area contributed by atoms with E-state index in [0.717, 1.165) is 36.5 Å². The molecule has 5 nitrogen and oxygen atoms in total. The summed E-state index contributed by atoms with van der Waals surface area (Å²) in [5.74, 6) is 0.140. The zero-order chi connectivity index (χ0) is 20.9. The van der Waals surface area contributed by atoms with Crippen molar-refractivity contribution in [1.29, 1.82) is 0 Å². The van der Waals surface area contributed by atoms with E-state index >= 15 is 0 Å². The molecule has 3 amide bonds. The third kappa shape index (κ3) is 2.94. The van der Waals surface area contributed by atoms with Gasteiger partial charge >= 0.3 is 6.03 Å². The highest BCUT2D eigenvalue weighted by Gasteiger charge is 2.45. The van der Waals surface area contributed by atoms with Gasteiger partial charge in [-0.2, -0.15) is 0 Å². The van der Waals surface area contributed by atoms with E-state index in [1.54, 1.807) is 12.4 Å². The SMILES string of the molecule is O=C1NC2CC(c3cccc4c3CCC4)CCC2C(=O)N1c1cncc2ccccc12. The summed E-state index contributed by atoms with van der Waals surface area (Å²) in [4.78, 5) is 32.2. The van der Waals surface area contributed by atoms with Gasteiger partial charge in [0.15, 0.2) is 0 Å². The number of benzene rings is 2. The molecule has 0 spiro atoms. The van der Waals surface area contributed by atoms with Gasteiger partial charge in [-0.3, -0.25) is 9.78 Å². The molecule has 31 heavy (non-hydrogen) atoms. The molecule has 1 saturated heterocycles. The van der Waals surface area contributed by atoms with Crippen molar-refractivity contribution in [2.24, 2.45) is 5.92 Å². The van der Waals surface area contributed by atoms with Gasteiger partial charge in [0, 0.05) is 23.0 Å². The lowest BCUT2D eigenvalue weighted by Crippen LogP contribution is -2.61. The topological polar surface area (TPSA) is 62.3 Å². The maximum Gasteiger partial charge on any atom is 0.329 e. The Hall–Kier alpha value is -3.21. The Balaban J connectivity index is 1.29. The number of nitrogens with one attached hydrogen (secondary N) is 1. The summed E-state index contributed by atoms with van der Waals surface area (Å²) in [5, 5.41) is 4.96. The van der Waals surface area contributed by atoms with E-state index < -0.39 is 0 Å². The number of urea groups is 1. The first-order valence-electron chi connectivity index (χ1n) is 11.3. The van der Waals surface area contributed by atoms with Crippen LogP contribution in [0.3, 0.4) is 0 Å². The average Bonchev–Trinajstić information content (AvgIpc) is 3.28. The number of carbonyl (C=O) groups is 2. The molecule has 3 aromatic rings. The first-order chi connectivity index (χ1) is 15.2. The maximum absolute atomic E-state index is 13.5. The third-order valence-electron chi connectivity index (χ3n) is 7.41. The van der Waals surface area contributed by atoms with E-state index in [0.29, 0.717) is 11.6 Å². The van der Waals surface area contributed by atoms with E-state index in [-0.39, 0.29) is 23.9 Å². The fourth-order valence-electron chi connectivity index (χ4n) is 5.94. The second-order valence-electron chi connectivity index (χ2n) is 9.06. The molecule has 2 aliphatic carbocycles. The van der Waals surface area contributed by atoms with Gasteiger partial charge in [0.05, 0.1) is 17.8 Å². The van der Waals surface area contributed by atoms with Crippen molar-refractivity contribution in [3.05, 3.63) is 71.5 Å². The van der Waals surface area contributed by atoms with Crippen LogP contribution in [-0.2, 0) is 17.6 Å². The molecule has 1 N–H and O–H groups in total. The van der Waals surface area contributed by atoms with Crippen LogP contribution in [0.2, 0.25) is 0 Å². The second kappa shape index (κ2) is 7.19. The van der Waals surface area contributed by atoms with Crippen LogP contribution in [0.1, 0.15) is 48.3 Å². The molecule has 0 bridgehead atoms. The fraction of sp³-hybridized carbons (Fsp3) is 0.346. The Labute approximate surface area is 181 Å². The van der Waals surface area contributed by atoms with Gasteiger partial charge in [-0.1, -0.05) is 42.5 Å². The van der Waals surface area contributed by atoms with Gasteiger partial charge in [-0.05, 0) is 61.1 Å². The van der Waals surface area contributed by atoms with Crippen LogP contribution in [0.25, 0.3) is 10.8 Å². The number of hydrogen-bond donors (Lipinski definition) is 1. The standard InChI is InChI=1S/C26H25N3O2/c30-25-22-12-11-17(20-10-4-7-16-6-3-9-19(16)20)13-23(22)28-26(31)29(25)24-15-27-14-18-5-1-2-8-21(18)24/h1-2,4-5,7-8,10,14-15,17,22-23H,3,6,9,11-13H2,(H,28,31). The lowest BCUT2D eigenvalue weighted by Gasteiger charge is -2.42. The zero-order valence-corrected chi connectivity index (χ0v) is 17.4. The summed E-state index contributed by atoms with van der Waals surface area (Å²) in [7, 11) is 0. The lowest BCUT2D eigenvalue weighted by molar-refractivity contribution is -0.124. The van der Waals surface area contributed by atoms with Crippen molar-refractivity contribution >= 4 is 28.4 Å². The fourth-order valence-corrected chi connectivity index (χ4v) is 5.94. The quantitative estimate of drug-likeness (QED) is 0.663. The average molecular weight is 412 g/mol. The Morgan fingerprint density at radius 2 is 1.87 bits per heavy atom. The highest BCUT2D eigenvalue weighted by atomic mass is 16.2. The summed E-state index contributed by atoms with van der Waals surface area (Å²) < 4.78 is 0. The summed E-state index contributed by atoms with van der Waals surface area (Å²) in [6, 6.07) is 14.0. The van der Waals surface area contributed by atoms with Crippen molar-refractivity contribution in [2.45, 2.75) is 50.5 Å². The third-order valence-corrected chi connectivity index (χ3v) is 7.41. The number of aromatic nitrogens is 1. The Bertz CT molecular complexity index is 1200. The van der Waals surface area contributed by atoms with Crippen LogP contribution < -0.4 is 10.2 Å². The number of imide groups is 1. The van der Waals surface area contributed by atoms with Crippen LogP contribution in [-0.4, -0.2) is 23.0 Å². The molecule has 2 fully saturated rings. The normalized spacial score (nSPS) is 25.3. The van der Waals surface area contributed by atoms with Gasteiger partial charge in [0.1, 0.15) is 0 Å². The van der Waals surface area contributed by atoms with Crippen molar-refractivity contribution < 1.29 is 9.59 Å². The van der Waals surface area contributed by atoms with Crippen molar-refractivity contribution in [2.75, 3.05) is 4.90 Å². The predicted octanol–water partition coefficient (Wildman–Crippen LogP) is 4.73. The number of fused-ring (bicyclic) bond motifs is 3. The summed E-state index contributed by atoms with van der Waals surface area (Å²) in [5.41, 5.74) is 5.01. The van der Waals surface area contributed by atoms with E-state index in [1.165, 1.54) is 34.4 Å². The van der Waals surface area contributed by atoms with Gasteiger partial charge in [0.25, 0.3) is 0 Å². The second-order valence-corrected chi connectivity index (χ2v) is 9.06. The van der Waals surface area contributed by atoms with E-state index in [9.17, 15) is 9.59 Å². The molecule has 0 radical (unpaired) electrons. The number of rotatable bonds is 2. The number of nitrogens with zero attached hydrogens (tertiary/aromatic N) is 2. The van der Waals surface area contributed by atoms with Crippen LogP contribution in [0.4, 0.5) is 10.5 Å². The summed E-state index contributed by atoms with van der Waals surface area (Å²) >= 11 is 0. The number of hydrogen-bond acceptors (Lipinski definition) is 3. The van der Waals surface area contributed by atoms with E-state index in [1.807, 2.05) is 24.3 Å². The van der Waals surface area contributed by atoms with Crippen LogP contribution in [0.15, 0.2) is 54.9 Å². The molecular formula is C26H25N3O2. The Kier molecular flexibility index (Phi) is 4.30. The lowest BCUT2D eigenvalue weighted by atomic mass is 9.73. The van der Waals surface area contributed by atoms with Gasteiger partial charge < -0.3 is 5.32 Å². The minimum atomic E-state index is -0.330. The first kappa shape index (κ1) is 18.6. The molecule has 1 saturated carbocycles. The van der Waals surface area contributed by atoms with Crippen LogP contribution in [0.5, 0.6) is 0 Å². The molecule has 3 atom stereocenters.